The fourth-order valence-corrected chi connectivity index (χ4v) is 3.69. The van der Waals surface area contributed by atoms with Crippen molar-refractivity contribution in [2.45, 2.75) is 11.8 Å². The minimum atomic E-state index is -3.65. The third kappa shape index (κ3) is 2.98. The zero-order valence-electron chi connectivity index (χ0n) is 11.7. The van der Waals surface area contributed by atoms with E-state index in [1.54, 1.807) is 36.5 Å². The van der Waals surface area contributed by atoms with E-state index >= 15 is 0 Å². The molecular formula is C16H13BrN2O2S. The summed E-state index contributed by atoms with van der Waals surface area (Å²) in [7, 11) is -3.65. The van der Waals surface area contributed by atoms with Crippen LogP contribution in [0.15, 0.2) is 64.1 Å². The number of rotatable bonds is 3. The third-order valence-electron chi connectivity index (χ3n) is 3.25. The second kappa shape index (κ2) is 5.70. The summed E-state index contributed by atoms with van der Waals surface area (Å²) < 4.78 is 28.4. The highest BCUT2D eigenvalue weighted by molar-refractivity contribution is 9.10. The Hall–Kier alpha value is -1.92. The molecule has 22 heavy (non-hydrogen) atoms. The number of pyridine rings is 1. The number of halogens is 1. The van der Waals surface area contributed by atoms with Gasteiger partial charge in [0.15, 0.2) is 0 Å². The van der Waals surface area contributed by atoms with E-state index in [9.17, 15) is 8.42 Å². The summed E-state index contributed by atoms with van der Waals surface area (Å²) in [5, 5.41) is 0.860. The van der Waals surface area contributed by atoms with Crippen LogP contribution in [0, 0.1) is 6.92 Å². The van der Waals surface area contributed by atoms with Crippen molar-refractivity contribution < 1.29 is 8.42 Å². The van der Waals surface area contributed by atoms with E-state index < -0.39 is 10.0 Å². The summed E-state index contributed by atoms with van der Waals surface area (Å²) >= 11 is 3.39. The first-order valence-electron chi connectivity index (χ1n) is 6.59. The Morgan fingerprint density at radius 1 is 1.09 bits per heavy atom. The van der Waals surface area contributed by atoms with Gasteiger partial charge in [-0.1, -0.05) is 39.7 Å². The minimum absolute atomic E-state index is 0.224. The topological polar surface area (TPSA) is 59.1 Å². The van der Waals surface area contributed by atoms with Gasteiger partial charge in [0.05, 0.1) is 16.1 Å². The maximum absolute atomic E-state index is 12.5. The molecule has 0 radical (unpaired) electrons. The van der Waals surface area contributed by atoms with Gasteiger partial charge in [-0.3, -0.25) is 9.71 Å². The Morgan fingerprint density at radius 2 is 1.82 bits per heavy atom. The first-order valence-corrected chi connectivity index (χ1v) is 8.87. The van der Waals surface area contributed by atoms with Gasteiger partial charge < -0.3 is 0 Å². The Balaban J connectivity index is 2.07. The van der Waals surface area contributed by atoms with E-state index in [-0.39, 0.29) is 4.90 Å². The van der Waals surface area contributed by atoms with Crippen molar-refractivity contribution in [1.82, 2.24) is 4.98 Å². The van der Waals surface area contributed by atoms with Crippen LogP contribution in [0.2, 0.25) is 0 Å². The van der Waals surface area contributed by atoms with Gasteiger partial charge in [-0.15, -0.1) is 0 Å². The summed E-state index contributed by atoms with van der Waals surface area (Å²) in [5.41, 5.74) is 2.07. The Kier molecular flexibility index (Phi) is 3.88. The second-order valence-corrected chi connectivity index (χ2v) is 7.55. The Bertz CT molecular complexity index is 938. The SMILES string of the molecule is Cc1ccc(S(=O)(=O)Nc2cc(Br)cc3cccnc23)cc1. The largest absolute Gasteiger partial charge is 0.277 e. The molecule has 0 saturated heterocycles. The summed E-state index contributed by atoms with van der Waals surface area (Å²) in [6.45, 7) is 1.91. The molecule has 4 nitrogen and oxygen atoms in total. The fraction of sp³-hybridized carbons (Fsp3) is 0.0625. The van der Waals surface area contributed by atoms with Crippen LogP contribution in [-0.2, 0) is 10.0 Å². The Morgan fingerprint density at radius 3 is 2.55 bits per heavy atom. The first-order chi connectivity index (χ1) is 10.5. The molecule has 0 fully saturated rings. The van der Waals surface area contributed by atoms with Gasteiger partial charge in [0, 0.05) is 16.1 Å². The molecule has 1 aromatic heterocycles. The molecule has 0 aliphatic carbocycles. The molecule has 0 aliphatic rings. The molecule has 0 atom stereocenters. The van der Waals surface area contributed by atoms with Crippen molar-refractivity contribution in [3.8, 4) is 0 Å². The van der Waals surface area contributed by atoms with E-state index in [1.807, 2.05) is 25.1 Å². The average molecular weight is 377 g/mol. The maximum atomic E-state index is 12.5. The van der Waals surface area contributed by atoms with Gasteiger partial charge >= 0.3 is 0 Å². The minimum Gasteiger partial charge on any atom is -0.277 e. The van der Waals surface area contributed by atoms with Gasteiger partial charge in [0.1, 0.15) is 0 Å². The fourth-order valence-electron chi connectivity index (χ4n) is 2.15. The van der Waals surface area contributed by atoms with Crippen molar-refractivity contribution >= 4 is 42.5 Å². The monoisotopic (exact) mass is 376 g/mol. The van der Waals surface area contributed by atoms with Crippen LogP contribution in [0.5, 0.6) is 0 Å². The molecule has 3 rings (SSSR count). The molecule has 0 amide bonds. The number of nitrogens with zero attached hydrogens (tertiary/aromatic N) is 1. The predicted molar refractivity (Wildman–Crippen MR) is 91.4 cm³/mol. The molecule has 1 N–H and O–H groups in total. The number of benzene rings is 2. The lowest BCUT2D eigenvalue weighted by molar-refractivity contribution is 0.601. The van der Waals surface area contributed by atoms with Gasteiger partial charge in [-0.2, -0.15) is 0 Å². The lowest BCUT2D eigenvalue weighted by atomic mass is 10.2. The number of sulfonamides is 1. The number of anilines is 1. The maximum Gasteiger partial charge on any atom is 0.261 e. The highest BCUT2D eigenvalue weighted by Crippen LogP contribution is 2.28. The van der Waals surface area contributed by atoms with Crippen LogP contribution in [0.3, 0.4) is 0 Å². The quantitative estimate of drug-likeness (QED) is 0.748. The molecular weight excluding hydrogens is 364 g/mol. The van der Waals surface area contributed by atoms with Crippen LogP contribution < -0.4 is 4.72 Å². The second-order valence-electron chi connectivity index (χ2n) is 4.95. The van der Waals surface area contributed by atoms with E-state index in [2.05, 4.69) is 25.6 Å². The number of hydrogen-bond donors (Lipinski definition) is 1. The smallest absolute Gasteiger partial charge is 0.261 e. The zero-order valence-corrected chi connectivity index (χ0v) is 14.1. The zero-order chi connectivity index (χ0) is 15.7. The number of fused-ring (bicyclic) bond motifs is 1. The number of aryl methyl sites for hydroxylation is 1. The molecule has 6 heteroatoms. The summed E-state index contributed by atoms with van der Waals surface area (Å²) in [6.07, 6.45) is 1.64. The van der Waals surface area contributed by atoms with Crippen LogP contribution in [0.25, 0.3) is 10.9 Å². The van der Waals surface area contributed by atoms with Crippen molar-refractivity contribution in [2.75, 3.05) is 4.72 Å². The lowest BCUT2D eigenvalue weighted by Gasteiger charge is -2.11. The van der Waals surface area contributed by atoms with Crippen LogP contribution >= 0.6 is 15.9 Å². The van der Waals surface area contributed by atoms with Crippen molar-refractivity contribution in [3.05, 3.63) is 64.8 Å². The Labute approximate surface area is 137 Å². The third-order valence-corrected chi connectivity index (χ3v) is 5.08. The van der Waals surface area contributed by atoms with E-state index in [0.29, 0.717) is 11.2 Å². The van der Waals surface area contributed by atoms with Crippen molar-refractivity contribution in [3.63, 3.8) is 0 Å². The van der Waals surface area contributed by atoms with Gasteiger partial charge in [-0.05, 0) is 37.3 Å². The predicted octanol–water partition coefficient (Wildman–Crippen LogP) is 4.11. The molecule has 0 unspecified atom stereocenters. The molecule has 0 saturated carbocycles. The lowest BCUT2D eigenvalue weighted by Crippen LogP contribution is -2.13. The first kappa shape index (κ1) is 15.0. The van der Waals surface area contributed by atoms with E-state index in [4.69, 9.17) is 0 Å². The van der Waals surface area contributed by atoms with Gasteiger partial charge in [-0.25, -0.2) is 8.42 Å². The normalized spacial score (nSPS) is 11.5. The average Bonchev–Trinajstić information content (AvgIpc) is 2.47. The van der Waals surface area contributed by atoms with Crippen LogP contribution in [0.1, 0.15) is 5.56 Å². The molecule has 3 aromatic rings. The molecule has 0 aliphatic heterocycles. The van der Waals surface area contributed by atoms with Crippen molar-refractivity contribution in [1.29, 1.82) is 0 Å². The number of aromatic nitrogens is 1. The molecule has 112 valence electrons. The van der Waals surface area contributed by atoms with Gasteiger partial charge in [0.2, 0.25) is 0 Å². The van der Waals surface area contributed by atoms with E-state index in [1.165, 1.54) is 0 Å². The molecule has 1 heterocycles. The van der Waals surface area contributed by atoms with E-state index in [0.717, 1.165) is 15.4 Å². The summed E-state index contributed by atoms with van der Waals surface area (Å²) in [5.74, 6) is 0. The molecule has 0 bridgehead atoms. The standard InChI is InChI=1S/C16H13BrN2O2S/c1-11-4-6-14(7-5-11)22(20,21)19-15-10-13(17)9-12-3-2-8-18-16(12)15/h2-10,19H,1H3. The highest BCUT2D eigenvalue weighted by atomic mass is 79.9. The van der Waals surface area contributed by atoms with Crippen LogP contribution in [0.4, 0.5) is 5.69 Å². The van der Waals surface area contributed by atoms with Gasteiger partial charge in [0.25, 0.3) is 10.0 Å². The van der Waals surface area contributed by atoms with Crippen molar-refractivity contribution in [2.24, 2.45) is 0 Å². The molecule has 0 spiro atoms. The highest BCUT2D eigenvalue weighted by Gasteiger charge is 2.16. The number of nitrogens with one attached hydrogen (secondary N) is 1. The summed E-state index contributed by atoms with van der Waals surface area (Å²) in [6, 6.07) is 14.0. The van der Waals surface area contributed by atoms with Crippen LogP contribution in [-0.4, -0.2) is 13.4 Å². The number of hydrogen-bond acceptors (Lipinski definition) is 3. The summed E-state index contributed by atoms with van der Waals surface area (Å²) in [4.78, 5) is 4.49. The molecule has 2 aromatic carbocycles.